The van der Waals surface area contributed by atoms with Crippen LogP contribution in [0.4, 0.5) is 0 Å². The predicted molar refractivity (Wildman–Crippen MR) is 146 cm³/mol. The van der Waals surface area contributed by atoms with Crippen molar-refractivity contribution in [3.63, 3.8) is 0 Å². The minimum absolute atomic E-state index is 0.00476. The molecule has 0 aromatic heterocycles. The first-order chi connectivity index (χ1) is 18.4. The summed E-state index contributed by atoms with van der Waals surface area (Å²) in [6, 6.07) is 19.5. The van der Waals surface area contributed by atoms with E-state index in [9.17, 15) is 9.59 Å². The minimum Gasteiger partial charge on any atom is -0.478 e. The molecular weight excluding hydrogens is 478 g/mol. The van der Waals surface area contributed by atoms with Gasteiger partial charge in [-0.05, 0) is 43.4 Å². The SMILES string of the molecule is C1=CCC2=C3N=c4ccccc4=C3C3(CCN(CCc4ccccc4)CC3)NC2=C1.O=C(O)C=CC(=O)O. The second-order valence-corrected chi connectivity index (χ2v) is 9.84. The fraction of sp³-hybridized carbons (Fsp3) is 0.258. The fourth-order valence-electron chi connectivity index (χ4n) is 5.62. The maximum absolute atomic E-state index is 9.55. The topological polar surface area (TPSA) is 102 Å². The predicted octanol–water partition coefficient (Wildman–Crippen LogP) is 2.96. The smallest absolute Gasteiger partial charge is 0.328 e. The van der Waals surface area contributed by atoms with Crippen molar-refractivity contribution in [2.45, 2.75) is 31.2 Å². The number of likely N-dealkylation sites (tertiary alicyclic amines) is 1. The lowest BCUT2D eigenvalue weighted by atomic mass is 9.73. The summed E-state index contributed by atoms with van der Waals surface area (Å²) in [6.07, 6.45) is 12.1. The number of rotatable bonds is 5. The molecule has 1 fully saturated rings. The number of nitrogens with one attached hydrogen (secondary N) is 1. The van der Waals surface area contributed by atoms with Crippen LogP contribution in [0.25, 0.3) is 5.57 Å². The molecule has 3 N–H and O–H groups in total. The molecule has 0 amide bonds. The van der Waals surface area contributed by atoms with Gasteiger partial charge in [0.2, 0.25) is 0 Å². The number of carboxylic acid groups (broad SMARTS) is 2. The number of hydrogen-bond donors (Lipinski definition) is 3. The molecule has 7 heteroatoms. The van der Waals surface area contributed by atoms with E-state index in [2.05, 4.69) is 83.0 Å². The summed E-state index contributed by atoms with van der Waals surface area (Å²) in [5.41, 5.74) is 6.76. The lowest BCUT2D eigenvalue weighted by Crippen LogP contribution is -2.57. The van der Waals surface area contributed by atoms with Gasteiger partial charge in [0.1, 0.15) is 0 Å². The molecule has 1 saturated heterocycles. The number of para-hydroxylation sites is 1. The van der Waals surface area contributed by atoms with Crippen LogP contribution < -0.4 is 15.9 Å². The van der Waals surface area contributed by atoms with Crippen LogP contribution in [0.1, 0.15) is 24.8 Å². The van der Waals surface area contributed by atoms with Crippen molar-refractivity contribution < 1.29 is 19.8 Å². The highest BCUT2D eigenvalue weighted by Gasteiger charge is 2.45. The molecule has 38 heavy (non-hydrogen) atoms. The van der Waals surface area contributed by atoms with Crippen LogP contribution in [-0.4, -0.2) is 52.2 Å². The van der Waals surface area contributed by atoms with Crippen molar-refractivity contribution in [1.82, 2.24) is 10.2 Å². The van der Waals surface area contributed by atoms with E-state index in [1.54, 1.807) is 0 Å². The second-order valence-electron chi connectivity index (χ2n) is 9.84. The zero-order valence-corrected chi connectivity index (χ0v) is 21.1. The number of carbonyl (C=O) groups is 2. The molecule has 7 nitrogen and oxygen atoms in total. The summed E-state index contributed by atoms with van der Waals surface area (Å²) in [4.78, 5) is 26.9. The third-order valence-corrected chi connectivity index (χ3v) is 7.46. The van der Waals surface area contributed by atoms with E-state index < -0.39 is 11.9 Å². The van der Waals surface area contributed by atoms with Gasteiger partial charge < -0.3 is 20.4 Å². The Balaban J connectivity index is 0.000000323. The summed E-state index contributed by atoms with van der Waals surface area (Å²) in [5, 5.41) is 22.1. The molecule has 2 aromatic rings. The van der Waals surface area contributed by atoms with Crippen molar-refractivity contribution in [3.05, 3.63) is 118 Å². The normalized spacial score (nSPS) is 18.9. The molecule has 0 radical (unpaired) electrons. The van der Waals surface area contributed by atoms with Crippen molar-refractivity contribution in [2.24, 2.45) is 4.99 Å². The van der Waals surface area contributed by atoms with E-state index in [1.807, 2.05) is 0 Å². The Hall–Kier alpha value is -4.23. The van der Waals surface area contributed by atoms with Gasteiger partial charge in [0.25, 0.3) is 0 Å². The van der Waals surface area contributed by atoms with Crippen molar-refractivity contribution >= 4 is 17.5 Å². The Morgan fingerprint density at radius 3 is 2.37 bits per heavy atom. The van der Waals surface area contributed by atoms with E-state index in [1.165, 1.54) is 33.3 Å². The molecule has 1 aliphatic carbocycles. The molecule has 0 unspecified atom stereocenters. The summed E-state index contributed by atoms with van der Waals surface area (Å²) < 4.78 is 0. The third-order valence-electron chi connectivity index (χ3n) is 7.46. The summed E-state index contributed by atoms with van der Waals surface area (Å²) in [7, 11) is 0. The maximum atomic E-state index is 9.55. The van der Waals surface area contributed by atoms with Crippen LogP contribution in [-0.2, 0) is 16.0 Å². The Labute approximate surface area is 221 Å². The first kappa shape index (κ1) is 25.4. The monoisotopic (exact) mass is 509 g/mol. The molecule has 6 rings (SSSR count). The summed E-state index contributed by atoms with van der Waals surface area (Å²) >= 11 is 0. The van der Waals surface area contributed by atoms with Crippen molar-refractivity contribution in [3.8, 4) is 0 Å². The van der Waals surface area contributed by atoms with Crippen LogP contribution in [0.3, 0.4) is 0 Å². The highest BCUT2D eigenvalue weighted by Crippen LogP contribution is 2.44. The van der Waals surface area contributed by atoms with Crippen molar-refractivity contribution in [2.75, 3.05) is 19.6 Å². The standard InChI is InChI=1S/C27H27N3.C4H4O4/c1-2-8-20(9-3-1)14-17-30-18-15-27(16-19-30)25-21-10-4-6-12-23(21)28-26(25)22-11-5-7-13-24(22)29-27;5-3(6)1-2-4(7)8/h1-10,12-13,29H,11,14-19H2;1-2H,(H,5,6)(H,7,8). The molecule has 194 valence electrons. The van der Waals surface area contributed by atoms with Gasteiger partial charge in [0.05, 0.1) is 16.6 Å². The molecule has 0 bridgehead atoms. The van der Waals surface area contributed by atoms with Crippen LogP contribution in [0.5, 0.6) is 0 Å². The van der Waals surface area contributed by atoms with Gasteiger partial charge in [-0.15, -0.1) is 0 Å². The van der Waals surface area contributed by atoms with Gasteiger partial charge in [0.15, 0.2) is 0 Å². The Morgan fingerprint density at radius 2 is 1.66 bits per heavy atom. The minimum atomic E-state index is -1.26. The molecule has 3 aliphatic heterocycles. The van der Waals surface area contributed by atoms with Crippen LogP contribution in [0.2, 0.25) is 0 Å². The van der Waals surface area contributed by atoms with Gasteiger partial charge in [-0.2, -0.15) is 0 Å². The number of fused-ring (bicyclic) bond motifs is 4. The van der Waals surface area contributed by atoms with Crippen LogP contribution in [0, 0.1) is 0 Å². The number of benzene rings is 2. The molecule has 3 heterocycles. The van der Waals surface area contributed by atoms with Crippen molar-refractivity contribution in [1.29, 1.82) is 0 Å². The van der Waals surface area contributed by atoms with E-state index >= 15 is 0 Å². The number of carboxylic acids is 2. The van der Waals surface area contributed by atoms with E-state index in [0.29, 0.717) is 12.2 Å². The summed E-state index contributed by atoms with van der Waals surface area (Å²) in [5.74, 6) is -2.51. The third kappa shape index (κ3) is 5.38. The van der Waals surface area contributed by atoms with Gasteiger partial charge in [-0.1, -0.05) is 60.7 Å². The van der Waals surface area contributed by atoms with Gasteiger partial charge in [-0.25, -0.2) is 14.6 Å². The van der Waals surface area contributed by atoms with Crippen LogP contribution in [0.15, 0.2) is 107 Å². The molecule has 0 atom stereocenters. The fourth-order valence-corrected chi connectivity index (χ4v) is 5.62. The molecule has 0 saturated carbocycles. The van der Waals surface area contributed by atoms with E-state index in [4.69, 9.17) is 15.2 Å². The summed E-state index contributed by atoms with van der Waals surface area (Å²) in [6.45, 7) is 3.38. The van der Waals surface area contributed by atoms with E-state index in [-0.39, 0.29) is 5.54 Å². The number of nitrogens with zero attached hydrogens (tertiary/aromatic N) is 2. The molecular formula is C31H31N3O4. The average molecular weight is 510 g/mol. The maximum Gasteiger partial charge on any atom is 0.328 e. The molecule has 4 aliphatic rings. The molecule has 2 aromatic carbocycles. The highest BCUT2D eigenvalue weighted by atomic mass is 16.4. The zero-order valence-electron chi connectivity index (χ0n) is 21.1. The lowest BCUT2D eigenvalue weighted by molar-refractivity contribution is -0.134. The molecule has 1 spiro atoms. The lowest BCUT2D eigenvalue weighted by Gasteiger charge is -2.48. The van der Waals surface area contributed by atoms with Gasteiger partial charge >= 0.3 is 11.9 Å². The average Bonchev–Trinajstić information content (AvgIpc) is 3.34. The van der Waals surface area contributed by atoms with E-state index in [0.717, 1.165) is 50.7 Å². The first-order valence-corrected chi connectivity index (χ1v) is 12.9. The largest absolute Gasteiger partial charge is 0.478 e. The first-order valence-electron chi connectivity index (χ1n) is 12.9. The number of hydrogen-bond acceptors (Lipinski definition) is 5. The Bertz CT molecular complexity index is 1460. The van der Waals surface area contributed by atoms with Gasteiger partial charge in [0, 0.05) is 53.8 Å². The second kappa shape index (κ2) is 11.0. The van der Waals surface area contributed by atoms with Crippen LogP contribution >= 0.6 is 0 Å². The number of aliphatic carboxylic acids is 2. The number of allylic oxidation sites excluding steroid dienone is 4. The quantitative estimate of drug-likeness (QED) is 0.536. The highest BCUT2D eigenvalue weighted by molar-refractivity contribution is 5.89. The Morgan fingerprint density at radius 1 is 0.974 bits per heavy atom. The number of piperidine rings is 1. The zero-order chi connectivity index (χ0) is 26.5. The van der Waals surface area contributed by atoms with Gasteiger partial charge in [-0.3, -0.25) is 0 Å². The Kier molecular flexibility index (Phi) is 7.38.